The van der Waals surface area contributed by atoms with Crippen LogP contribution < -0.4 is 14.4 Å². The van der Waals surface area contributed by atoms with Crippen molar-refractivity contribution in [2.24, 2.45) is 0 Å². The second-order valence-corrected chi connectivity index (χ2v) is 11.9. The molecule has 0 saturated carbocycles. The van der Waals surface area contributed by atoms with Crippen molar-refractivity contribution in [1.29, 1.82) is 0 Å². The summed E-state index contributed by atoms with van der Waals surface area (Å²) in [5, 5.41) is 3.64. The van der Waals surface area contributed by atoms with Crippen molar-refractivity contribution in [3.05, 3.63) is 88.4 Å². The molecular weight excluding hydrogens is 573 g/mol. The summed E-state index contributed by atoms with van der Waals surface area (Å²) in [6.07, 6.45) is 1.70. The first-order valence-electron chi connectivity index (χ1n) is 12.8. The van der Waals surface area contributed by atoms with Gasteiger partial charge in [0.05, 0.1) is 17.7 Å². The molecule has 1 unspecified atom stereocenters. The number of amides is 2. The molecule has 1 atom stereocenters. The molecule has 0 heterocycles. The molecule has 0 aliphatic carbocycles. The van der Waals surface area contributed by atoms with Crippen LogP contribution in [0.5, 0.6) is 5.75 Å². The highest BCUT2D eigenvalue weighted by molar-refractivity contribution is 7.92. The predicted octanol–water partition coefficient (Wildman–Crippen LogP) is 5.53. The van der Waals surface area contributed by atoms with Crippen LogP contribution in [0.4, 0.5) is 5.69 Å². The van der Waals surface area contributed by atoms with Gasteiger partial charge in [-0.2, -0.15) is 0 Å². The van der Waals surface area contributed by atoms with E-state index in [1.807, 2.05) is 6.92 Å². The van der Waals surface area contributed by atoms with Crippen molar-refractivity contribution in [3.63, 3.8) is 0 Å². The van der Waals surface area contributed by atoms with Gasteiger partial charge in [-0.1, -0.05) is 54.7 Å². The molecule has 0 aliphatic rings. The van der Waals surface area contributed by atoms with Crippen LogP contribution in [0.3, 0.4) is 0 Å². The molecule has 0 radical (unpaired) electrons. The normalized spacial score (nSPS) is 11.9. The minimum Gasteiger partial charge on any atom is -0.497 e. The molecular formula is C29H33Cl2N3O5S. The first kappa shape index (κ1) is 31.3. The Morgan fingerprint density at radius 1 is 0.975 bits per heavy atom. The third kappa shape index (κ3) is 8.13. The highest BCUT2D eigenvalue weighted by atomic mass is 35.5. The van der Waals surface area contributed by atoms with Gasteiger partial charge in [0.2, 0.25) is 11.8 Å². The Hall–Kier alpha value is -3.27. The molecule has 2 amide bonds. The Morgan fingerprint density at radius 3 is 2.23 bits per heavy atom. The van der Waals surface area contributed by atoms with Gasteiger partial charge < -0.3 is 15.0 Å². The van der Waals surface area contributed by atoms with E-state index in [0.717, 1.165) is 17.1 Å². The summed E-state index contributed by atoms with van der Waals surface area (Å²) in [7, 11) is -2.74. The number of nitrogens with zero attached hydrogens (tertiary/aromatic N) is 2. The van der Waals surface area contributed by atoms with E-state index >= 15 is 0 Å². The van der Waals surface area contributed by atoms with Crippen molar-refractivity contribution >= 4 is 50.7 Å². The molecule has 0 spiro atoms. The maximum Gasteiger partial charge on any atom is 0.264 e. The van der Waals surface area contributed by atoms with Crippen molar-refractivity contribution in [3.8, 4) is 5.75 Å². The van der Waals surface area contributed by atoms with E-state index in [4.69, 9.17) is 27.9 Å². The van der Waals surface area contributed by atoms with E-state index in [9.17, 15) is 18.0 Å². The van der Waals surface area contributed by atoms with E-state index in [1.54, 1.807) is 49.4 Å². The van der Waals surface area contributed by atoms with Gasteiger partial charge >= 0.3 is 0 Å². The Bertz CT molecular complexity index is 1420. The van der Waals surface area contributed by atoms with Gasteiger partial charge in [-0.3, -0.25) is 13.9 Å². The van der Waals surface area contributed by atoms with Crippen LogP contribution in [0.25, 0.3) is 0 Å². The molecule has 1 N–H and O–H groups in total. The largest absolute Gasteiger partial charge is 0.497 e. The number of hydrogen-bond acceptors (Lipinski definition) is 5. The van der Waals surface area contributed by atoms with E-state index < -0.39 is 28.5 Å². The van der Waals surface area contributed by atoms with Crippen LogP contribution in [0.15, 0.2) is 77.7 Å². The number of ether oxygens (including phenoxy) is 1. The number of anilines is 1. The fraction of sp³-hybridized carbons (Fsp3) is 0.310. The van der Waals surface area contributed by atoms with Gasteiger partial charge in [0.25, 0.3) is 10.0 Å². The Morgan fingerprint density at radius 2 is 1.62 bits per heavy atom. The third-order valence-corrected chi connectivity index (χ3v) is 8.52. The lowest BCUT2D eigenvalue weighted by Gasteiger charge is -2.32. The summed E-state index contributed by atoms with van der Waals surface area (Å²) < 4.78 is 33.9. The summed E-state index contributed by atoms with van der Waals surface area (Å²) in [6.45, 7) is 3.58. The fourth-order valence-electron chi connectivity index (χ4n) is 3.99. The molecule has 0 fully saturated rings. The zero-order valence-corrected chi connectivity index (χ0v) is 25.0. The first-order chi connectivity index (χ1) is 19.1. The molecule has 11 heteroatoms. The number of rotatable bonds is 13. The van der Waals surface area contributed by atoms with Gasteiger partial charge in [0.1, 0.15) is 18.3 Å². The average molecular weight is 607 g/mol. The summed E-state index contributed by atoms with van der Waals surface area (Å²) >= 11 is 12.4. The van der Waals surface area contributed by atoms with E-state index in [-0.39, 0.29) is 23.0 Å². The number of carbonyl (C=O) groups is 2. The summed E-state index contributed by atoms with van der Waals surface area (Å²) in [5.41, 5.74) is 0.904. The van der Waals surface area contributed by atoms with Crippen molar-refractivity contribution < 1.29 is 22.7 Å². The van der Waals surface area contributed by atoms with Gasteiger partial charge in [0.15, 0.2) is 0 Å². The number of hydrogen-bond donors (Lipinski definition) is 1. The maximum absolute atomic E-state index is 13.9. The zero-order valence-electron chi connectivity index (χ0n) is 22.6. The van der Waals surface area contributed by atoms with Gasteiger partial charge in [-0.05, 0) is 73.5 Å². The van der Waals surface area contributed by atoms with Crippen LogP contribution in [0.2, 0.25) is 10.0 Å². The molecule has 3 rings (SSSR count). The molecule has 3 aromatic carbocycles. The highest BCUT2D eigenvalue weighted by Gasteiger charge is 2.32. The molecule has 0 aliphatic heterocycles. The highest BCUT2D eigenvalue weighted by Crippen LogP contribution is 2.28. The zero-order chi connectivity index (χ0) is 29.3. The van der Waals surface area contributed by atoms with Crippen molar-refractivity contribution in [2.75, 3.05) is 24.5 Å². The second-order valence-electron chi connectivity index (χ2n) is 9.14. The van der Waals surface area contributed by atoms with Gasteiger partial charge in [-0.25, -0.2) is 8.42 Å². The molecule has 214 valence electrons. The van der Waals surface area contributed by atoms with E-state index in [2.05, 4.69) is 5.32 Å². The topological polar surface area (TPSA) is 96.0 Å². The summed E-state index contributed by atoms with van der Waals surface area (Å²) in [6, 6.07) is 18.2. The number of sulfonamides is 1. The first-order valence-corrected chi connectivity index (χ1v) is 15.0. The summed E-state index contributed by atoms with van der Waals surface area (Å²) in [5.74, 6) is -0.425. The van der Waals surface area contributed by atoms with Crippen LogP contribution in [0, 0.1) is 0 Å². The molecule has 0 bridgehead atoms. The fourth-order valence-corrected chi connectivity index (χ4v) is 5.79. The van der Waals surface area contributed by atoms with E-state index in [0.29, 0.717) is 27.9 Å². The Labute approximate surface area is 245 Å². The molecule has 0 saturated heterocycles. The number of benzene rings is 3. The number of nitrogens with one attached hydrogen (secondary N) is 1. The smallest absolute Gasteiger partial charge is 0.264 e. The molecule has 8 nitrogen and oxygen atoms in total. The lowest BCUT2D eigenvalue weighted by molar-refractivity contribution is -0.139. The van der Waals surface area contributed by atoms with Gasteiger partial charge in [-0.15, -0.1) is 0 Å². The lowest BCUT2D eigenvalue weighted by Crippen LogP contribution is -2.51. The number of halogens is 2. The van der Waals surface area contributed by atoms with Crippen LogP contribution in [0.1, 0.15) is 32.3 Å². The quantitative estimate of drug-likeness (QED) is 0.258. The van der Waals surface area contributed by atoms with E-state index in [1.165, 1.54) is 42.3 Å². The van der Waals surface area contributed by atoms with Crippen molar-refractivity contribution in [2.45, 2.75) is 44.2 Å². The number of carbonyl (C=O) groups excluding carboxylic acids is 2. The minimum atomic E-state index is -4.22. The SMILES string of the molecule is CCCCNC(=O)C(C)N(Cc1cccc(Cl)c1)C(=O)CN(c1cccc(Cl)c1)S(=O)(=O)c1ccc(OC)cc1. The minimum absolute atomic E-state index is 0.0344. The van der Waals surface area contributed by atoms with Crippen LogP contribution in [-0.4, -0.2) is 51.4 Å². The van der Waals surface area contributed by atoms with Crippen LogP contribution in [-0.2, 0) is 26.2 Å². The Balaban J connectivity index is 2.00. The van der Waals surface area contributed by atoms with Crippen molar-refractivity contribution in [1.82, 2.24) is 10.2 Å². The second kappa shape index (κ2) is 14.4. The lowest BCUT2D eigenvalue weighted by atomic mass is 10.1. The maximum atomic E-state index is 13.9. The molecule has 40 heavy (non-hydrogen) atoms. The van der Waals surface area contributed by atoms with Gasteiger partial charge in [0, 0.05) is 23.1 Å². The summed E-state index contributed by atoms with van der Waals surface area (Å²) in [4.78, 5) is 28.2. The Kier molecular flexibility index (Phi) is 11.2. The number of unbranched alkanes of at least 4 members (excludes halogenated alkanes) is 1. The third-order valence-electron chi connectivity index (χ3n) is 6.26. The monoisotopic (exact) mass is 605 g/mol. The average Bonchev–Trinajstić information content (AvgIpc) is 2.94. The van der Waals surface area contributed by atoms with Crippen LogP contribution >= 0.6 is 23.2 Å². The number of methoxy groups -OCH3 is 1. The standard InChI is InChI=1S/C29H33Cl2N3O5S/c1-4-5-16-32-29(36)21(2)33(19-22-8-6-9-23(30)17-22)28(35)20-34(25-11-7-10-24(31)18-25)40(37,38)27-14-12-26(39-3)13-15-27/h6-15,17-18,21H,4-5,16,19-20H2,1-3H3,(H,32,36). The molecule has 3 aromatic rings. The predicted molar refractivity (Wildman–Crippen MR) is 158 cm³/mol. The molecule has 0 aromatic heterocycles.